The number of ketones is 1. The number of hydrogen-bond donors (Lipinski definition) is 1. The van der Waals surface area contributed by atoms with Gasteiger partial charge in [-0.2, -0.15) is 0 Å². The quantitative estimate of drug-likeness (QED) is 0.294. The van der Waals surface area contributed by atoms with Gasteiger partial charge in [0.25, 0.3) is 0 Å². The minimum absolute atomic E-state index is 0.0801. The highest BCUT2D eigenvalue weighted by atomic mass is 16.6. The van der Waals surface area contributed by atoms with Crippen LogP contribution >= 0.6 is 0 Å². The second-order valence-electron chi connectivity index (χ2n) is 6.73. The Kier molecular flexibility index (Phi) is 4.85. The second kappa shape index (κ2) is 7.63. The fourth-order valence-corrected chi connectivity index (χ4v) is 3.39. The fraction of sp³-hybridized carbons (Fsp3) is 0.0435. The maximum atomic E-state index is 13.2. The lowest BCUT2D eigenvalue weighted by atomic mass is 10.1. The van der Waals surface area contributed by atoms with E-state index in [1.54, 1.807) is 72.8 Å². The molecule has 1 heterocycles. The van der Waals surface area contributed by atoms with Gasteiger partial charge in [-0.15, -0.1) is 0 Å². The first-order chi connectivity index (χ1) is 14.5. The Bertz CT molecular complexity index is 1330. The van der Waals surface area contributed by atoms with Gasteiger partial charge < -0.3 is 5.32 Å². The van der Waals surface area contributed by atoms with E-state index in [2.05, 4.69) is 5.32 Å². The smallest absolute Gasteiger partial charge is 0.349 e. The molecule has 1 N–H and O–H groups in total. The third-order valence-corrected chi connectivity index (χ3v) is 4.81. The first kappa shape index (κ1) is 19.1. The highest BCUT2D eigenvalue weighted by Gasteiger charge is 2.26. The van der Waals surface area contributed by atoms with Crippen LogP contribution in [0.3, 0.4) is 0 Å². The van der Waals surface area contributed by atoms with E-state index in [4.69, 9.17) is 0 Å². The number of carbonyl (C=O) groups excluding carboxylic acids is 1. The summed E-state index contributed by atoms with van der Waals surface area (Å²) in [6.07, 6.45) is 0. The van der Waals surface area contributed by atoms with Gasteiger partial charge >= 0.3 is 11.2 Å². The summed E-state index contributed by atoms with van der Waals surface area (Å²) >= 11 is 0. The molecule has 0 atom stereocenters. The Hall–Kier alpha value is -4.26. The number of rotatable bonds is 5. The van der Waals surface area contributed by atoms with E-state index in [0.29, 0.717) is 27.8 Å². The number of hydrogen-bond acceptors (Lipinski definition) is 5. The molecule has 0 radical (unpaired) electrons. The SMILES string of the molecule is CC(=O)c1ccc(Nc2c([N+](=O)[O-])c(=O)n(-c3ccccc3)c3ccccc23)cc1. The molecule has 4 rings (SSSR count). The molecular formula is C23H17N3O4. The lowest BCUT2D eigenvalue weighted by Crippen LogP contribution is -2.23. The Labute approximate surface area is 171 Å². The molecule has 0 amide bonds. The maximum Gasteiger partial charge on any atom is 0.358 e. The van der Waals surface area contributed by atoms with Crippen molar-refractivity contribution < 1.29 is 9.72 Å². The second-order valence-corrected chi connectivity index (χ2v) is 6.73. The Morgan fingerprint density at radius 2 is 1.57 bits per heavy atom. The number of aromatic nitrogens is 1. The van der Waals surface area contributed by atoms with Gasteiger partial charge in [0.1, 0.15) is 5.69 Å². The molecule has 0 aliphatic heterocycles. The van der Waals surface area contributed by atoms with Crippen LogP contribution in [0, 0.1) is 10.1 Å². The molecule has 7 heteroatoms. The van der Waals surface area contributed by atoms with Crippen LogP contribution in [0.5, 0.6) is 0 Å². The number of carbonyl (C=O) groups is 1. The number of nitrogens with one attached hydrogen (secondary N) is 1. The van der Waals surface area contributed by atoms with Crippen LogP contribution in [0.4, 0.5) is 17.1 Å². The van der Waals surface area contributed by atoms with Crippen LogP contribution in [0.1, 0.15) is 17.3 Å². The maximum absolute atomic E-state index is 13.2. The van der Waals surface area contributed by atoms with Crippen molar-refractivity contribution in [1.82, 2.24) is 4.57 Å². The summed E-state index contributed by atoms with van der Waals surface area (Å²) < 4.78 is 1.34. The standard InChI is InChI=1S/C23H17N3O4/c1-15(27)16-11-13-17(14-12-16)24-21-19-9-5-6-10-20(19)25(18-7-3-2-4-8-18)23(28)22(21)26(29)30/h2-14,24H,1H3. The van der Waals surface area contributed by atoms with Gasteiger partial charge in [0.2, 0.25) is 0 Å². The number of pyridine rings is 1. The van der Waals surface area contributed by atoms with Crippen molar-refractivity contribution >= 4 is 33.7 Å². The van der Waals surface area contributed by atoms with E-state index in [-0.39, 0.29) is 11.5 Å². The van der Waals surface area contributed by atoms with Crippen molar-refractivity contribution in [3.63, 3.8) is 0 Å². The largest absolute Gasteiger partial charge is 0.358 e. The average Bonchev–Trinajstić information content (AvgIpc) is 2.74. The third kappa shape index (κ3) is 3.33. The minimum atomic E-state index is -0.729. The van der Waals surface area contributed by atoms with Crippen LogP contribution in [0.15, 0.2) is 83.7 Å². The van der Waals surface area contributed by atoms with Crippen LogP contribution in [0.25, 0.3) is 16.6 Å². The molecule has 7 nitrogen and oxygen atoms in total. The van der Waals surface area contributed by atoms with Crippen molar-refractivity contribution in [3.05, 3.63) is 105 Å². The summed E-state index contributed by atoms with van der Waals surface area (Å²) in [6, 6.07) is 22.4. The van der Waals surface area contributed by atoms with Crippen molar-refractivity contribution in [2.75, 3.05) is 5.32 Å². The molecule has 0 unspecified atom stereocenters. The zero-order valence-electron chi connectivity index (χ0n) is 16.0. The predicted octanol–water partition coefficient (Wildman–Crippen LogP) is 4.85. The molecule has 148 valence electrons. The van der Waals surface area contributed by atoms with Gasteiger partial charge in [0.05, 0.1) is 10.4 Å². The normalized spacial score (nSPS) is 10.7. The number of Topliss-reactive ketones (excluding diaryl/α,β-unsaturated/α-hetero) is 1. The van der Waals surface area contributed by atoms with Gasteiger partial charge in [0.15, 0.2) is 5.78 Å². The van der Waals surface area contributed by atoms with Crippen molar-refractivity contribution in [1.29, 1.82) is 0 Å². The first-order valence-corrected chi connectivity index (χ1v) is 9.23. The van der Waals surface area contributed by atoms with Crippen molar-refractivity contribution in [2.24, 2.45) is 0 Å². The molecule has 30 heavy (non-hydrogen) atoms. The zero-order valence-corrected chi connectivity index (χ0v) is 16.0. The van der Waals surface area contributed by atoms with Crippen LogP contribution in [0.2, 0.25) is 0 Å². The molecule has 0 aliphatic rings. The number of benzene rings is 3. The number of para-hydroxylation sites is 2. The molecule has 0 bridgehead atoms. The van der Waals surface area contributed by atoms with Crippen LogP contribution in [-0.4, -0.2) is 15.3 Å². The third-order valence-electron chi connectivity index (χ3n) is 4.81. The Morgan fingerprint density at radius 3 is 2.20 bits per heavy atom. The first-order valence-electron chi connectivity index (χ1n) is 9.23. The molecule has 4 aromatic rings. The lowest BCUT2D eigenvalue weighted by Gasteiger charge is -2.15. The number of fused-ring (bicyclic) bond motifs is 1. The van der Waals surface area contributed by atoms with E-state index in [0.717, 1.165) is 0 Å². The van der Waals surface area contributed by atoms with Crippen LogP contribution in [-0.2, 0) is 0 Å². The molecule has 1 aromatic heterocycles. The summed E-state index contributed by atoms with van der Waals surface area (Å²) in [5.41, 5.74) is 0.982. The van der Waals surface area contributed by atoms with E-state index < -0.39 is 16.2 Å². The molecule has 0 fully saturated rings. The van der Waals surface area contributed by atoms with E-state index in [1.807, 2.05) is 6.07 Å². The summed E-state index contributed by atoms with van der Waals surface area (Å²) in [5.74, 6) is -0.0801. The van der Waals surface area contributed by atoms with E-state index >= 15 is 0 Å². The summed E-state index contributed by atoms with van der Waals surface area (Å²) in [5, 5.41) is 15.5. The van der Waals surface area contributed by atoms with Gasteiger partial charge in [-0.3, -0.25) is 24.3 Å². The molecule has 3 aromatic carbocycles. The van der Waals surface area contributed by atoms with Gasteiger partial charge in [-0.05, 0) is 49.4 Å². The highest BCUT2D eigenvalue weighted by Crippen LogP contribution is 2.33. The van der Waals surface area contributed by atoms with Crippen molar-refractivity contribution in [2.45, 2.75) is 6.92 Å². The Morgan fingerprint density at radius 1 is 0.933 bits per heavy atom. The molecule has 0 saturated carbocycles. The van der Waals surface area contributed by atoms with Gasteiger partial charge in [-0.25, -0.2) is 0 Å². The topological polar surface area (TPSA) is 94.2 Å². The van der Waals surface area contributed by atoms with Crippen LogP contribution < -0.4 is 10.9 Å². The molecular weight excluding hydrogens is 382 g/mol. The number of nitro groups is 1. The van der Waals surface area contributed by atoms with Gasteiger partial charge in [0, 0.05) is 22.3 Å². The summed E-state index contributed by atoms with van der Waals surface area (Å²) in [6.45, 7) is 1.46. The number of nitrogens with zero attached hydrogens (tertiary/aromatic N) is 2. The molecule has 0 aliphatic carbocycles. The molecule has 0 saturated heterocycles. The molecule has 0 spiro atoms. The predicted molar refractivity (Wildman–Crippen MR) is 116 cm³/mol. The monoisotopic (exact) mass is 399 g/mol. The van der Waals surface area contributed by atoms with E-state index in [9.17, 15) is 19.7 Å². The lowest BCUT2D eigenvalue weighted by molar-refractivity contribution is -0.385. The summed E-state index contributed by atoms with van der Waals surface area (Å²) in [4.78, 5) is 36.0. The highest BCUT2D eigenvalue weighted by molar-refractivity contribution is 5.99. The van der Waals surface area contributed by atoms with E-state index in [1.165, 1.54) is 11.5 Å². The Balaban J connectivity index is 1.98. The zero-order chi connectivity index (χ0) is 21.3. The minimum Gasteiger partial charge on any atom is -0.349 e. The van der Waals surface area contributed by atoms with Gasteiger partial charge in [-0.1, -0.05) is 36.4 Å². The average molecular weight is 399 g/mol. The summed E-state index contributed by atoms with van der Waals surface area (Å²) in [7, 11) is 0. The fourth-order valence-electron chi connectivity index (χ4n) is 3.39. The number of anilines is 2. The van der Waals surface area contributed by atoms with Crippen molar-refractivity contribution in [3.8, 4) is 5.69 Å².